The highest BCUT2D eigenvalue weighted by Crippen LogP contribution is 2.60. The summed E-state index contributed by atoms with van der Waals surface area (Å²) >= 11 is 0. The highest BCUT2D eigenvalue weighted by Gasteiger charge is 2.52. The molecule has 0 heterocycles. The number of hydrogen-bond acceptors (Lipinski definition) is 4. The highest BCUT2D eigenvalue weighted by molar-refractivity contribution is 5.38. The van der Waals surface area contributed by atoms with Gasteiger partial charge in [-0.15, -0.1) is 0 Å². The molecule has 8 atom stereocenters. The molecule has 4 rings (SSSR count). The van der Waals surface area contributed by atoms with Gasteiger partial charge in [0.2, 0.25) is 0 Å². The Kier molecular flexibility index (Phi) is 7.13. The number of aliphatic hydroxyl groups excluding tert-OH is 4. The minimum absolute atomic E-state index is 0.251. The van der Waals surface area contributed by atoms with Crippen LogP contribution in [-0.4, -0.2) is 44.8 Å². The summed E-state index contributed by atoms with van der Waals surface area (Å²) < 4.78 is 0. The Morgan fingerprint density at radius 3 is 2.42 bits per heavy atom. The fourth-order valence-corrected chi connectivity index (χ4v) is 7.32. The van der Waals surface area contributed by atoms with E-state index in [1.165, 1.54) is 31.3 Å². The van der Waals surface area contributed by atoms with Crippen LogP contribution >= 0.6 is 0 Å². The molecule has 0 aromatic heterocycles. The summed E-state index contributed by atoms with van der Waals surface area (Å²) in [6.45, 7) is 10.6. The van der Waals surface area contributed by atoms with Gasteiger partial charge in [0.1, 0.15) is 0 Å². The van der Waals surface area contributed by atoms with E-state index in [4.69, 9.17) is 0 Å². The van der Waals surface area contributed by atoms with Crippen molar-refractivity contribution in [2.24, 2.45) is 28.6 Å². The van der Waals surface area contributed by atoms with Crippen LogP contribution in [-0.2, 0) is 0 Å². The van der Waals surface area contributed by atoms with Gasteiger partial charge in [-0.1, -0.05) is 50.3 Å². The molecule has 0 aliphatic heterocycles. The molecule has 184 valence electrons. The van der Waals surface area contributed by atoms with Gasteiger partial charge in [-0.3, -0.25) is 0 Å². The van der Waals surface area contributed by atoms with E-state index < -0.39 is 24.4 Å². The van der Waals surface area contributed by atoms with Gasteiger partial charge in [-0.05, 0) is 92.6 Å². The van der Waals surface area contributed by atoms with Crippen molar-refractivity contribution < 1.29 is 20.4 Å². The van der Waals surface area contributed by atoms with Crippen molar-refractivity contribution in [2.45, 2.75) is 103 Å². The van der Waals surface area contributed by atoms with Gasteiger partial charge in [-0.25, -0.2) is 0 Å². The van der Waals surface area contributed by atoms with Gasteiger partial charge < -0.3 is 20.4 Å². The lowest BCUT2D eigenvalue weighted by Crippen LogP contribution is -2.36. The summed E-state index contributed by atoms with van der Waals surface area (Å²) in [5, 5.41) is 41.0. The van der Waals surface area contributed by atoms with Gasteiger partial charge in [0, 0.05) is 11.8 Å². The number of hydrogen-bond donors (Lipinski definition) is 4. The van der Waals surface area contributed by atoms with Gasteiger partial charge in [0.15, 0.2) is 0 Å². The molecule has 4 fully saturated rings. The molecule has 0 saturated heterocycles. The zero-order valence-electron chi connectivity index (χ0n) is 20.7. The molecular weight excluding hydrogens is 412 g/mol. The molecule has 0 unspecified atom stereocenters. The molecule has 33 heavy (non-hydrogen) atoms. The maximum absolute atomic E-state index is 10.7. The van der Waals surface area contributed by atoms with Crippen LogP contribution in [0.5, 0.6) is 0 Å². The van der Waals surface area contributed by atoms with Crippen molar-refractivity contribution in [3.63, 3.8) is 0 Å². The van der Waals surface area contributed by atoms with E-state index in [0.717, 1.165) is 30.4 Å². The molecule has 0 aromatic carbocycles. The Labute approximate surface area is 199 Å². The number of rotatable bonds is 6. The van der Waals surface area contributed by atoms with Crippen LogP contribution < -0.4 is 0 Å². The number of fused-ring (bicyclic) bond motifs is 1. The minimum Gasteiger partial charge on any atom is -0.393 e. The summed E-state index contributed by atoms with van der Waals surface area (Å²) in [6, 6.07) is 0. The molecule has 4 aliphatic carbocycles. The first kappa shape index (κ1) is 24.9. The summed E-state index contributed by atoms with van der Waals surface area (Å²) in [5.41, 5.74) is 3.16. The van der Waals surface area contributed by atoms with E-state index in [0.29, 0.717) is 30.6 Å². The molecule has 4 aliphatic rings. The van der Waals surface area contributed by atoms with Gasteiger partial charge in [0.05, 0.1) is 24.4 Å². The Balaban J connectivity index is 1.47. The summed E-state index contributed by atoms with van der Waals surface area (Å²) in [6.07, 6.45) is 15.1. The fraction of sp³-hybridized carbons (Fsp3) is 0.724. The van der Waals surface area contributed by atoms with E-state index >= 15 is 0 Å². The highest BCUT2D eigenvalue weighted by atomic mass is 16.3. The smallest absolute Gasteiger partial charge is 0.0811 e. The van der Waals surface area contributed by atoms with Gasteiger partial charge in [-0.2, -0.15) is 0 Å². The predicted molar refractivity (Wildman–Crippen MR) is 132 cm³/mol. The van der Waals surface area contributed by atoms with Gasteiger partial charge >= 0.3 is 0 Å². The lowest BCUT2D eigenvalue weighted by Gasteiger charge is -2.44. The molecule has 0 radical (unpaired) electrons. The summed E-state index contributed by atoms with van der Waals surface area (Å²) in [7, 11) is 0. The second kappa shape index (κ2) is 9.45. The second-order valence-corrected chi connectivity index (χ2v) is 11.8. The maximum atomic E-state index is 10.7. The molecule has 4 nitrogen and oxygen atoms in total. The van der Waals surface area contributed by atoms with Crippen LogP contribution in [0.3, 0.4) is 0 Å². The standard InChI is InChI=1S/C29H44O4/c1-18(7-12-27(33)29(14-15-29)20(3)30)24-10-11-25-21(6-5-13-28(24,25)4)8-9-22-16-23(31)17-26(32)19(22)2/h7-9,12,18,20,23-27,30-33H,2,5-6,10-11,13-17H2,1,3-4H3/b12-7+,21-8+,22-9-/t18-,20+,23-,24-,25+,26+,27-,28-/m1/s1. The van der Waals surface area contributed by atoms with Gasteiger partial charge in [0.25, 0.3) is 0 Å². The average molecular weight is 457 g/mol. The lowest BCUT2D eigenvalue weighted by atomic mass is 9.61. The molecule has 4 N–H and O–H groups in total. The average Bonchev–Trinajstić information content (AvgIpc) is 3.50. The third-order valence-corrected chi connectivity index (χ3v) is 9.78. The zero-order valence-corrected chi connectivity index (χ0v) is 20.7. The normalized spacial score (nSPS) is 41.4. The van der Waals surface area contributed by atoms with Crippen molar-refractivity contribution in [1.29, 1.82) is 0 Å². The Morgan fingerprint density at radius 2 is 1.76 bits per heavy atom. The van der Waals surface area contributed by atoms with Crippen LogP contribution in [0, 0.1) is 28.6 Å². The first-order valence-electron chi connectivity index (χ1n) is 13.1. The summed E-state index contributed by atoms with van der Waals surface area (Å²) in [5.74, 6) is 1.53. The van der Waals surface area contributed by atoms with Crippen LogP contribution in [0.2, 0.25) is 0 Å². The third kappa shape index (κ3) is 4.69. The minimum atomic E-state index is -0.641. The molecule has 4 heteroatoms. The SMILES string of the molecule is C=C1/C(=C\C=C2/CCC[C@]3(C)[C@@H]([C@H](C)/C=C/[C@@H](O)C4([C@H](C)O)CC4)CC[C@@H]23)C[C@@H](O)C[C@@H]1O. The van der Waals surface area contributed by atoms with Crippen molar-refractivity contribution in [3.8, 4) is 0 Å². The van der Waals surface area contributed by atoms with Crippen LogP contribution in [0.1, 0.15) is 78.6 Å². The second-order valence-electron chi connectivity index (χ2n) is 11.8. The Morgan fingerprint density at radius 1 is 1.03 bits per heavy atom. The van der Waals surface area contributed by atoms with Crippen molar-refractivity contribution in [3.05, 3.63) is 47.6 Å². The number of allylic oxidation sites excluding steroid dienone is 4. The van der Waals surface area contributed by atoms with E-state index in [-0.39, 0.29) is 10.8 Å². The third-order valence-electron chi connectivity index (χ3n) is 9.78. The van der Waals surface area contributed by atoms with E-state index in [9.17, 15) is 20.4 Å². The van der Waals surface area contributed by atoms with Crippen molar-refractivity contribution in [1.82, 2.24) is 0 Å². The molecule has 0 spiro atoms. The van der Waals surface area contributed by atoms with E-state index in [1.807, 2.05) is 6.08 Å². The largest absolute Gasteiger partial charge is 0.393 e. The van der Waals surface area contributed by atoms with Crippen molar-refractivity contribution in [2.75, 3.05) is 0 Å². The fourth-order valence-electron chi connectivity index (χ4n) is 7.32. The molecule has 4 saturated carbocycles. The predicted octanol–water partition coefficient (Wildman–Crippen LogP) is 4.84. The Bertz CT molecular complexity index is 833. The van der Waals surface area contributed by atoms with E-state index in [1.54, 1.807) is 6.92 Å². The number of aliphatic hydroxyl groups is 4. The van der Waals surface area contributed by atoms with Crippen molar-refractivity contribution >= 4 is 0 Å². The van der Waals surface area contributed by atoms with Crippen LogP contribution in [0.15, 0.2) is 47.6 Å². The first-order chi connectivity index (χ1) is 15.6. The topological polar surface area (TPSA) is 80.9 Å². The maximum Gasteiger partial charge on any atom is 0.0811 e. The molecular formula is C29H44O4. The molecule has 0 amide bonds. The van der Waals surface area contributed by atoms with Crippen LogP contribution in [0.25, 0.3) is 0 Å². The monoisotopic (exact) mass is 456 g/mol. The molecule has 0 bridgehead atoms. The molecule has 0 aromatic rings. The summed E-state index contributed by atoms with van der Waals surface area (Å²) in [4.78, 5) is 0. The van der Waals surface area contributed by atoms with E-state index in [2.05, 4.69) is 38.7 Å². The zero-order chi connectivity index (χ0) is 24.0. The Hall–Kier alpha value is -1.20. The quantitative estimate of drug-likeness (QED) is 0.431. The van der Waals surface area contributed by atoms with Crippen LogP contribution in [0.4, 0.5) is 0 Å². The lowest BCUT2D eigenvalue weighted by molar-refractivity contribution is 0.0281. The first-order valence-corrected chi connectivity index (χ1v) is 13.1.